The predicted molar refractivity (Wildman–Crippen MR) is 96.0 cm³/mol. The molecule has 4 rings (SSSR count). The Kier molecular flexibility index (Phi) is 3.65. The van der Waals surface area contributed by atoms with Crippen molar-refractivity contribution >= 4 is 23.2 Å². The molecule has 0 bridgehead atoms. The number of H-pyrrole nitrogens is 1. The first-order valence-electron chi connectivity index (χ1n) is 8.06. The number of aromatic nitrogens is 3. The number of carbonyl (C=O) groups is 1. The lowest BCUT2D eigenvalue weighted by atomic mass is 10.0. The summed E-state index contributed by atoms with van der Waals surface area (Å²) >= 11 is 6.08. The number of nitrogens with zero attached hydrogens (tertiary/aromatic N) is 3. The van der Waals surface area contributed by atoms with Crippen LogP contribution in [0.1, 0.15) is 23.6 Å². The molecule has 1 saturated heterocycles. The van der Waals surface area contributed by atoms with E-state index < -0.39 is 0 Å². The van der Waals surface area contributed by atoms with Crippen molar-refractivity contribution in [2.24, 2.45) is 0 Å². The number of likely N-dealkylation sites (N-methyl/N-ethyl adjacent to an activating group) is 1. The van der Waals surface area contributed by atoms with Gasteiger partial charge in [-0.15, -0.1) is 0 Å². The number of likely N-dealkylation sites (tertiary alicyclic amines) is 1. The summed E-state index contributed by atoms with van der Waals surface area (Å²) in [7, 11) is 1.77. The van der Waals surface area contributed by atoms with Gasteiger partial charge in [0, 0.05) is 48.1 Å². The van der Waals surface area contributed by atoms with Crippen molar-refractivity contribution in [2.75, 3.05) is 13.6 Å². The van der Waals surface area contributed by atoms with Gasteiger partial charge in [0.25, 0.3) is 5.56 Å². The normalized spacial score (nSPS) is 17.6. The third-order valence-corrected chi connectivity index (χ3v) is 4.98. The number of aryl methyl sites for hydroxylation is 1. The lowest BCUT2D eigenvalue weighted by Gasteiger charge is -2.09. The zero-order valence-corrected chi connectivity index (χ0v) is 14.7. The van der Waals surface area contributed by atoms with Gasteiger partial charge in [0.1, 0.15) is 0 Å². The van der Waals surface area contributed by atoms with E-state index in [1.54, 1.807) is 18.0 Å². The molecule has 1 atom stereocenters. The molecule has 1 aliphatic heterocycles. The highest BCUT2D eigenvalue weighted by molar-refractivity contribution is 6.30. The molecule has 1 N–H and O–H groups in total. The minimum atomic E-state index is -0.182. The van der Waals surface area contributed by atoms with Crippen LogP contribution in [0.2, 0.25) is 5.02 Å². The fraction of sp³-hybridized carbons (Fsp3) is 0.278. The Morgan fingerprint density at radius 3 is 2.76 bits per heavy atom. The smallest absolute Gasteiger partial charge is 0.272 e. The number of hydrogen-bond donors (Lipinski definition) is 1. The van der Waals surface area contributed by atoms with Crippen molar-refractivity contribution in [3.05, 3.63) is 57.0 Å². The monoisotopic (exact) mass is 356 g/mol. The number of fused-ring (bicyclic) bond motifs is 1. The number of carbonyl (C=O) groups excluding carboxylic acids is 1. The van der Waals surface area contributed by atoms with Crippen LogP contribution in [-0.4, -0.2) is 39.0 Å². The number of amides is 1. The summed E-state index contributed by atoms with van der Waals surface area (Å²) in [6.45, 7) is 2.51. The topological polar surface area (TPSA) is 70.5 Å². The average Bonchev–Trinajstić information content (AvgIpc) is 3.09. The van der Waals surface area contributed by atoms with Crippen molar-refractivity contribution in [1.82, 2.24) is 19.5 Å². The van der Waals surface area contributed by atoms with E-state index in [1.165, 1.54) is 10.6 Å². The van der Waals surface area contributed by atoms with Gasteiger partial charge in [0.05, 0.1) is 11.4 Å². The largest absolute Gasteiger partial charge is 0.345 e. The van der Waals surface area contributed by atoms with Crippen LogP contribution >= 0.6 is 11.6 Å². The summed E-state index contributed by atoms with van der Waals surface area (Å²) in [5.74, 6) is 0.0384. The third-order valence-electron chi connectivity index (χ3n) is 4.75. The van der Waals surface area contributed by atoms with Crippen LogP contribution in [0.5, 0.6) is 0 Å². The molecule has 0 radical (unpaired) electrons. The van der Waals surface area contributed by atoms with Crippen molar-refractivity contribution in [3.8, 4) is 11.3 Å². The average molecular weight is 357 g/mol. The molecular weight excluding hydrogens is 340 g/mol. The quantitative estimate of drug-likeness (QED) is 0.767. The van der Waals surface area contributed by atoms with E-state index in [0.717, 1.165) is 16.8 Å². The number of benzene rings is 1. The third kappa shape index (κ3) is 2.62. The zero-order valence-electron chi connectivity index (χ0n) is 13.9. The highest BCUT2D eigenvalue weighted by Crippen LogP contribution is 2.29. The first kappa shape index (κ1) is 15.9. The van der Waals surface area contributed by atoms with Crippen molar-refractivity contribution in [3.63, 3.8) is 0 Å². The standard InChI is InChI=1S/C18H17ClN4O2/c1-10-17(11-4-3-5-13(19)6-11)21-23-16(25)8-14(20-18(10)23)12-7-15(24)22(2)9-12/h3-6,8,12,21H,7,9H2,1-2H3. The second-order valence-corrected chi connectivity index (χ2v) is 6.91. The zero-order chi connectivity index (χ0) is 17.7. The van der Waals surface area contributed by atoms with Gasteiger partial charge in [-0.2, -0.15) is 0 Å². The number of nitrogens with one attached hydrogen (secondary N) is 1. The minimum absolute atomic E-state index is 0.0425. The second kappa shape index (κ2) is 5.74. The van der Waals surface area contributed by atoms with Gasteiger partial charge >= 0.3 is 0 Å². The van der Waals surface area contributed by atoms with Crippen molar-refractivity contribution in [1.29, 1.82) is 0 Å². The molecule has 3 heterocycles. The summed E-state index contributed by atoms with van der Waals surface area (Å²) in [5, 5.41) is 3.75. The Labute approximate surface area is 149 Å². The summed E-state index contributed by atoms with van der Waals surface area (Å²) in [4.78, 5) is 30.7. The van der Waals surface area contributed by atoms with Crippen LogP contribution in [0.4, 0.5) is 0 Å². The maximum absolute atomic E-state index is 12.6. The minimum Gasteiger partial charge on any atom is -0.345 e. The predicted octanol–water partition coefficient (Wildman–Crippen LogP) is 2.60. The molecule has 0 aliphatic carbocycles. The molecule has 2 aromatic heterocycles. The maximum atomic E-state index is 12.6. The molecule has 0 saturated carbocycles. The lowest BCUT2D eigenvalue weighted by molar-refractivity contribution is -0.126. The second-order valence-electron chi connectivity index (χ2n) is 6.48. The molecule has 1 fully saturated rings. The molecule has 25 heavy (non-hydrogen) atoms. The number of halogens is 1. The number of aromatic amines is 1. The Morgan fingerprint density at radius 1 is 1.28 bits per heavy atom. The highest BCUT2D eigenvalue weighted by Gasteiger charge is 2.30. The van der Waals surface area contributed by atoms with Crippen molar-refractivity contribution < 1.29 is 4.79 Å². The van der Waals surface area contributed by atoms with Crippen LogP contribution in [0, 0.1) is 6.92 Å². The molecule has 1 aliphatic rings. The van der Waals surface area contributed by atoms with Crippen LogP contribution in [-0.2, 0) is 4.79 Å². The number of hydrogen-bond acceptors (Lipinski definition) is 3. The van der Waals surface area contributed by atoms with Crippen LogP contribution < -0.4 is 5.56 Å². The first-order valence-corrected chi connectivity index (χ1v) is 8.44. The molecule has 128 valence electrons. The fourth-order valence-corrected chi connectivity index (χ4v) is 3.55. The lowest BCUT2D eigenvalue weighted by Crippen LogP contribution is -2.20. The summed E-state index contributed by atoms with van der Waals surface area (Å²) < 4.78 is 1.44. The van der Waals surface area contributed by atoms with E-state index in [4.69, 9.17) is 11.6 Å². The summed E-state index contributed by atoms with van der Waals surface area (Å²) in [5.41, 5.74) is 3.65. The maximum Gasteiger partial charge on any atom is 0.272 e. The Bertz CT molecular complexity index is 1050. The summed E-state index contributed by atoms with van der Waals surface area (Å²) in [6, 6.07) is 8.96. The van der Waals surface area contributed by atoms with E-state index in [9.17, 15) is 9.59 Å². The molecule has 6 nitrogen and oxygen atoms in total. The van der Waals surface area contributed by atoms with Gasteiger partial charge in [-0.1, -0.05) is 23.7 Å². The molecular formula is C18H17ClN4O2. The first-order chi connectivity index (χ1) is 11.9. The van der Waals surface area contributed by atoms with Gasteiger partial charge in [-0.3, -0.25) is 14.7 Å². The van der Waals surface area contributed by atoms with E-state index in [-0.39, 0.29) is 17.4 Å². The van der Waals surface area contributed by atoms with Crippen molar-refractivity contribution in [2.45, 2.75) is 19.3 Å². The molecule has 7 heteroatoms. The van der Waals surface area contributed by atoms with E-state index in [1.807, 2.05) is 25.1 Å². The fourth-order valence-electron chi connectivity index (χ4n) is 3.36. The Balaban J connectivity index is 1.85. The number of rotatable bonds is 2. The van der Waals surface area contributed by atoms with Gasteiger partial charge < -0.3 is 4.90 Å². The molecule has 1 unspecified atom stereocenters. The van der Waals surface area contributed by atoms with Gasteiger partial charge in [0.2, 0.25) is 5.91 Å². The highest BCUT2D eigenvalue weighted by atomic mass is 35.5. The van der Waals surface area contributed by atoms with E-state index in [0.29, 0.717) is 29.3 Å². The van der Waals surface area contributed by atoms with E-state index in [2.05, 4.69) is 10.1 Å². The van der Waals surface area contributed by atoms with E-state index >= 15 is 0 Å². The van der Waals surface area contributed by atoms with Crippen LogP contribution in [0.3, 0.4) is 0 Å². The van der Waals surface area contributed by atoms with Crippen LogP contribution in [0.15, 0.2) is 35.1 Å². The van der Waals surface area contributed by atoms with Gasteiger partial charge in [0.15, 0.2) is 5.65 Å². The van der Waals surface area contributed by atoms with Crippen LogP contribution in [0.25, 0.3) is 16.9 Å². The van der Waals surface area contributed by atoms with Gasteiger partial charge in [-0.05, 0) is 19.1 Å². The Hall–Kier alpha value is -2.60. The molecule has 3 aromatic rings. The SMILES string of the molecule is Cc1c(-c2cccc(Cl)c2)[nH]n2c(=O)cc(C3CC(=O)N(C)C3)nc12. The molecule has 1 amide bonds. The summed E-state index contributed by atoms with van der Waals surface area (Å²) in [6.07, 6.45) is 0.393. The molecule has 0 spiro atoms. The Morgan fingerprint density at radius 2 is 2.08 bits per heavy atom. The molecule has 1 aromatic carbocycles. The van der Waals surface area contributed by atoms with Gasteiger partial charge in [-0.25, -0.2) is 9.50 Å².